The fourth-order valence-corrected chi connectivity index (χ4v) is 7.55. The van der Waals surface area contributed by atoms with Crippen molar-refractivity contribution in [3.63, 3.8) is 0 Å². The van der Waals surface area contributed by atoms with E-state index in [4.69, 9.17) is 9.47 Å². The number of carbonyl (C=O) groups is 2. The summed E-state index contributed by atoms with van der Waals surface area (Å²) >= 11 is 0. The monoisotopic (exact) mass is 797 g/mol. The van der Waals surface area contributed by atoms with E-state index < -0.39 is 32.5 Å². The van der Waals surface area contributed by atoms with E-state index in [1.807, 2.05) is 0 Å². The van der Waals surface area contributed by atoms with Crippen molar-refractivity contribution < 1.29 is 61.6 Å². The standard InChI is InChI=1S/C46H78O7S.Na/c1-3-5-7-9-11-13-15-17-19-21-23-25-27-29-31-33-35-40-52-45(47)42-38-37-39-43(54(49,50)51)44(42)46(48)53-41-36-34-32-30-28-26-24-22-20-18-16-14-12-10-8-6-4-2;/h35-41H,3-34H2,1-2H3,(H,49,50,51);/q;+1/p-1/b40-35+,41-36+;. The Morgan fingerprint density at radius 3 is 1.15 bits per heavy atom. The first-order valence-electron chi connectivity index (χ1n) is 22.1. The third-order valence-electron chi connectivity index (χ3n) is 10.2. The zero-order chi connectivity index (χ0) is 39.4. The van der Waals surface area contributed by atoms with E-state index in [9.17, 15) is 22.6 Å². The van der Waals surface area contributed by atoms with Gasteiger partial charge in [0.25, 0.3) is 0 Å². The molecule has 0 atom stereocenters. The van der Waals surface area contributed by atoms with Gasteiger partial charge in [-0.3, -0.25) is 0 Å². The minimum atomic E-state index is -5.05. The summed E-state index contributed by atoms with van der Waals surface area (Å²) in [6.07, 6.45) is 46.0. The molecule has 7 nitrogen and oxygen atoms in total. The molecule has 55 heavy (non-hydrogen) atoms. The number of hydrogen-bond acceptors (Lipinski definition) is 7. The number of ether oxygens (including phenoxy) is 2. The maximum atomic E-state index is 12.9. The SMILES string of the molecule is CCCCCCCCCCCCCCCCC/C=C/OC(=O)c1cccc(S(=O)(=O)[O-])c1C(=O)O/C=C/CCCCCCCCCCCCCCCCC.[Na+]. The van der Waals surface area contributed by atoms with Crippen molar-refractivity contribution in [1.29, 1.82) is 0 Å². The normalized spacial score (nSPS) is 11.7. The van der Waals surface area contributed by atoms with Crippen LogP contribution in [0.25, 0.3) is 0 Å². The molecular weight excluding hydrogens is 720 g/mol. The van der Waals surface area contributed by atoms with Crippen LogP contribution in [0.5, 0.6) is 0 Å². The van der Waals surface area contributed by atoms with Gasteiger partial charge in [-0.2, -0.15) is 0 Å². The molecule has 0 bridgehead atoms. The maximum Gasteiger partial charge on any atom is 1.00 e. The summed E-state index contributed by atoms with van der Waals surface area (Å²) in [5.41, 5.74) is -0.936. The van der Waals surface area contributed by atoms with Crippen LogP contribution in [0.1, 0.15) is 240 Å². The molecule has 0 saturated carbocycles. The number of rotatable bonds is 37. The molecule has 0 unspecified atom stereocenters. The smallest absolute Gasteiger partial charge is 0.744 e. The van der Waals surface area contributed by atoms with Crippen LogP contribution in [-0.2, 0) is 19.6 Å². The minimum Gasteiger partial charge on any atom is -0.744 e. The predicted molar refractivity (Wildman–Crippen MR) is 223 cm³/mol. The van der Waals surface area contributed by atoms with Gasteiger partial charge in [-0.25, -0.2) is 18.0 Å². The van der Waals surface area contributed by atoms with Crippen LogP contribution < -0.4 is 29.6 Å². The number of carbonyl (C=O) groups excluding carboxylic acids is 2. The zero-order valence-electron chi connectivity index (χ0n) is 35.4. The largest absolute Gasteiger partial charge is 1.00 e. The number of esters is 2. The Labute approximate surface area is 359 Å². The second-order valence-electron chi connectivity index (χ2n) is 15.2. The molecule has 0 aliphatic heterocycles. The number of unbranched alkanes of at least 4 members (excludes halogenated alkanes) is 30. The molecular formula is C46H77NaO7S. The number of hydrogen-bond donors (Lipinski definition) is 0. The molecule has 1 aromatic carbocycles. The third-order valence-corrected chi connectivity index (χ3v) is 11.1. The number of benzene rings is 1. The fourth-order valence-electron chi connectivity index (χ4n) is 6.87. The van der Waals surface area contributed by atoms with Gasteiger partial charge >= 0.3 is 41.5 Å². The molecule has 0 saturated heterocycles. The summed E-state index contributed by atoms with van der Waals surface area (Å²) in [7, 11) is -5.05. The number of allylic oxidation sites excluding steroid dienone is 2. The fraction of sp³-hybridized carbons (Fsp3) is 0.739. The van der Waals surface area contributed by atoms with E-state index in [-0.39, 0.29) is 35.1 Å². The molecule has 0 N–H and O–H groups in total. The van der Waals surface area contributed by atoms with Crippen molar-refractivity contribution in [2.45, 2.75) is 224 Å². The molecule has 0 spiro atoms. The summed E-state index contributed by atoms with van der Waals surface area (Å²) in [4.78, 5) is 25.0. The second-order valence-corrected chi connectivity index (χ2v) is 16.5. The van der Waals surface area contributed by atoms with Gasteiger partial charge in [0.15, 0.2) is 0 Å². The van der Waals surface area contributed by atoms with Crippen LogP contribution in [-0.4, -0.2) is 24.9 Å². The molecule has 0 fully saturated rings. The molecule has 0 radical (unpaired) electrons. The molecule has 310 valence electrons. The van der Waals surface area contributed by atoms with E-state index in [0.29, 0.717) is 6.42 Å². The molecule has 9 heteroatoms. The molecule has 0 aliphatic rings. The van der Waals surface area contributed by atoms with E-state index in [1.54, 1.807) is 12.2 Å². The maximum absolute atomic E-state index is 12.9. The predicted octanol–water partition coefficient (Wildman–Crippen LogP) is 11.5. The van der Waals surface area contributed by atoms with E-state index in [1.165, 1.54) is 192 Å². The van der Waals surface area contributed by atoms with Crippen molar-refractivity contribution >= 4 is 22.1 Å². The zero-order valence-corrected chi connectivity index (χ0v) is 38.3. The van der Waals surface area contributed by atoms with Crippen LogP contribution in [0.3, 0.4) is 0 Å². The van der Waals surface area contributed by atoms with E-state index >= 15 is 0 Å². The molecule has 0 amide bonds. The van der Waals surface area contributed by atoms with Gasteiger partial charge in [-0.1, -0.05) is 200 Å². The van der Waals surface area contributed by atoms with Crippen LogP contribution in [0.15, 0.2) is 47.8 Å². The molecule has 1 rings (SSSR count). The molecule has 0 heterocycles. The Morgan fingerprint density at radius 2 is 0.818 bits per heavy atom. The average molecular weight is 797 g/mol. The summed E-state index contributed by atoms with van der Waals surface area (Å²) in [5, 5.41) is 0. The van der Waals surface area contributed by atoms with E-state index in [0.717, 1.165) is 38.2 Å². The first-order valence-corrected chi connectivity index (χ1v) is 23.5. The van der Waals surface area contributed by atoms with Gasteiger partial charge < -0.3 is 14.0 Å². The van der Waals surface area contributed by atoms with Crippen molar-refractivity contribution in [3.8, 4) is 0 Å². The average Bonchev–Trinajstić information content (AvgIpc) is 3.16. The molecule has 0 aliphatic carbocycles. The quantitative estimate of drug-likeness (QED) is 0.0217. The Balaban J connectivity index is 0.0000292. The van der Waals surface area contributed by atoms with Gasteiger partial charge in [0.1, 0.15) is 10.1 Å². The van der Waals surface area contributed by atoms with Crippen LogP contribution in [0.2, 0.25) is 0 Å². The third kappa shape index (κ3) is 30.3. The van der Waals surface area contributed by atoms with E-state index in [2.05, 4.69) is 13.8 Å². The minimum absolute atomic E-state index is 0. The van der Waals surface area contributed by atoms with Gasteiger partial charge in [0, 0.05) is 0 Å². The Bertz CT molecular complexity index is 1240. The van der Waals surface area contributed by atoms with Crippen molar-refractivity contribution in [2.24, 2.45) is 0 Å². The Kier molecular flexibility index (Phi) is 37.1. The Hall–Kier alpha value is -1.45. The topological polar surface area (TPSA) is 110 Å². The summed E-state index contributed by atoms with van der Waals surface area (Å²) in [6, 6.07) is 3.50. The van der Waals surface area contributed by atoms with Crippen molar-refractivity contribution in [2.75, 3.05) is 0 Å². The van der Waals surface area contributed by atoms with Gasteiger partial charge in [-0.05, 0) is 50.0 Å². The van der Waals surface area contributed by atoms with Crippen LogP contribution in [0, 0.1) is 0 Å². The van der Waals surface area contributed by atoms with Crippen LogP contribution >= 0.6 is 0 Å². The van der Waals surface area contributed by atoms with Crippen molar-refractivity contribution in [3.05, 3.63) is 54.0 Å². The van der Waals surface area contributed by atoms with Crippen LogP contribution in [0.4, 0.5) is 0 Å². The van der Waals surface area contributed by atoms with Gasteiger partial charge in [0.2, 0.25) is 0 Å². The first kappa shape index (κ1) is 53.6. The van der Waals surface area contributed by atoms with Crippen molar-refractivity contribution in [1.82, 2.24) is 0 Å². The molecule has 1 aromatic rings. The summed E-state index contributed by atoms with van der Waals surface area (Å²) in [6.45, 7) is 4.52. The second kappa shape index (κ2) is 38.1. The van der Waals surface area contributed by atoms with Gasteiger partial charge in [-0.15, -0.1) is 0 Å². The first-order chi connectivity index (χ1) is 26.3. The Morgan fingerprint density at radius 1 is 0.509 bits per heavy atom. The summed E-state index contributed by atoms with van der Waals surface area (Å²) < 4.78 is 46.3. The summed E-state index contributed by atoms with van der Waals surface area (Å²) in [5.74, 6) is -2.02. The van der Waals surface area contributed by atoms with Gasteiger partial charge in [0.05, 0.1) is 28.5 Å². The molecule has 0 aromatic heterocycles.